The largest absolute Gasteiger partial charge is 0.486 e. The maximum Gasteiger partial charge on any atom is 0.264 e. The maximum atomic E-state index is 13.9. The molecule has 39 heavy (non-hydrogen) atoms. The Labute approximate surface area is 229 Å². The Morgan fingerprint density at radius 1 is 0.949 bits per heavy atom. The quantitative estimate of drug-likeness (QED) is 0.486. The first-order chi connectivity index (χ1) is 18.4. The van der Waals surface area contributed by atoms with Gasteiger partial charge in [0.05, 0.1) is 23.2 Å². The molecule has 0 aromatic heterocycles. The van der Waals surface area contributed by atoms with Crippen molar-refractivity contribution < 1.29 is 27.4 Å². The van der Waals surface area contributed by atoms with Crippen molar-refractivity contribution in [2.24, 2.45) is 0 Å². The third-order valence-electron chi connectivity index (χ3n) is 7.02. The number of hydrogen-bond acceptors (Lipinski definition) is 6. The number of aryl methyl sites for hydroxylation is 1. The molecule has 0 saturated heterocycles. The lowest BCUT2D eigenvalue weighted by Crippen LogP contribution is -2.51. The molecule has 3 aromatic rings. The smallest absolute Gasteiger partial charge is 0.264 e. The molecule has 1 amide bonds. The second kappa shape index (κ2) is 10.1. The number of hydrogen-bond donors (Lipinski definition) is 1. The van der Waals surface area contributed by atoms with Crippen LogP contribution in [0.25, 0.3) is 0 Å². The summed E-state index contributed by atoms with van der Waals surface area (Å²) in [6.45, 7) is 10.8. The van der Waals surface area contributed by atoms with Gasteiger partial charge in [0.1, 0.15) is 19.0 Å². The molecule has 0 unspecified atom stereocenters. The zero-order chi connectivity index (χ0) is 27.9. The van der Waals surface area contributed by atoms with Gasteiger partial charge in [-0.2, -0.15) is 0 Å². The Morgan fingerprint density at radius 3 is 2.31 bits per heavy atom. The van der Waals surface area contributed by atoms with Gasteiger partial charge < -0.3 is 19.5 Å². The van der Waals surface area contributed by atoms with Gasteiger partial charge in [-0.15, -0.1) is 0 Å². The number of fused-ring (bicyclic) bond motifs is 2. The van der Waals surface area contributed by atoms with Gasteiger partial charge in [-0.05, 0) is 66.8 Å². The average Bonchev–Trinajstić information content (AvgIpc) is 2.91. The zero-order valence-electron chi connectivity index (χ0n) is 22.9. The average molecular weight is 551 g/mol. The highest BCUT2D eigenvalue weighted by atomic mass is 32.2. The van der Waals surface area contributed by atoms with Gasteiger partial charge in [0, 0.05) is 0 Å². The van der Waals surface area contributed by atoms with E-state index in [9.17, 15) is 13.2 Å². The standard InChI is InChI=1S/C30H34N2O6S/c1-19-6-10-23(11-7-19)39(34,35)32-18-28(38-25-13-9-22(17-24(25)32)30(3,4)5)29(33)31-20(2)21-8-12-26-27(16-21)37-15-14-36-26/h6-13,16-17,20,28H,14-15,18H2,1-5H3,(H,31,33)/t20-,28+/m1/s1. The number of benzene rings is 3. The molecule has 2 heterocycles. The van der Waals surface area contributed by atoms with Crippen molar-refractivity contribution in [3.63, 3.8) is 0 Å². The lowest BCUT2D eigenvalue weighted by atomic mass is 9.86. The highest BCUT2D eigenvalue weighted by molar-refractivity contribution is 7.92. The van der Waals surface area contributed by atoms with E-state index in [1.165, 1.54) is 4.31 Å². The minimum atomic E-state index is -3.97. The number of amides is 1. The first-order valence-corrected chi connectivity index (χ1v) is 14.5. The summed E-state index contributed by atoms with van der Waals surface area (Å²) in [6, 6.07) is 17.4. The van der Waals surface area contributed by atoms with Gasteiger partial charge in [-0.3, -0.25) is 9.10 Å². The summed E-state index contributed by atoms with van der Waals surface area (Å²) in [6.07, 6.45) is -1.04. The molecule has 2 atom stereocenters. The van der Waals surface area contributed by atoms with Gasteiger partial charge in [0.2, 0.25) is 0 Å². The molecule has 0 radical (unpaired) electrons. The minimum Gasteiger partial charge on any atom is -0.486 e. The third-order valence-corrected chi connectivity index (χ3v) is 8.81. The second-order valence-electron chi connectivity index (χ2n) is 11.0. The summed E-state index contributed by atoms with van der Waals surface area (Å²) in [4.78, 5) is 13.6. The summed E-state index contributed by atoms with van der Waals surface area (Å²) in [7, 11) is -3.97. The topological polar surface area (TPSA) is 94.2 Å². The first-order valence-electron chi connectivity index (χ1n) is 13.0. The molecule has 206 valence electrons. The first kappa shape index (κ1) is 26.9. The summed E-state index contributed by atoms with van der Waals surface area (Å²) < 4.78 is 46.4. The Kier molecular flexibility index (Phi) is 6.97. The van der Waals surface area contributed by atoms with Crippen LogP contribution in [-0.4, -0.2) is 40.2 Å². The fraction of sp³-hybridized carbons (Fsp3) is 0.367. The fourth-order valence-electron chi connectivity index (χ4n) is 4.64. The van der Waals surface area contributed by atoms with Gasteiger partial charge >= 0.3 is 0 Å². The normalized spacial score (nSPS) is 17.6. The Hall–Kier alpha value is -3.72. The summed E-state index contributed by atoms with van der Waals surface area (Å²) in [5.41, 5.74) is 2.97. The van der Waals surface area contributed by atoms with E-state index in [0.29, 0.717) is 36.1 Å². The van der Waals surface area contributed by atoms with Crippen LogP contribution < -0.4 is 23.8 Å². The van der Waals surface area contributed by atoms with Crippen LogP contribution in [0.5, 0.6) is 17.2 Å². The number of nitrogens with one attached hydrogen (secondary N) is 1. The van der Waals surface area contributed by atoms with Crippen LogP contribution in [0.4, 0.5) is 5.69 Å². The summed E-state index contributed by atoms with van der Waals surface area (Å²) in [5, 5.41) is 2.98. The van der Waals surface area contributed by atoms with E-state index < -0.39 is 22.0 Å². The molecule has 2 aliphatic rings. The minimum absolute atomic E-state index is 0.156. The predicted molar refractivity (Wildman–Crippen MR) is 149 cm³/mol. The lowest BCUT2D eigenvalue weighted by molar-refractivity contribution is -0.128. The van der Waals surface area contributed by atoms with Crippen LogP contribution in [0.15, 0.2) is 65.6 Å². The molecule has 0 aliphatic carbocycles. The fourth-order valence-corrected chi connectivity index (χ4v) is 6.11. The Morgan fingerprint density at radius 2 is 1.62 bits per heavy atom. The van der Waals surface area contributed by atoms with E-state index in [1.54, 1.807) is 30.3 Å². The van der Waals surface area contributed by atoms with Gasteiger partial charge in [0.25, 0.3) is 15.9 Å². The Bertz CT molecular complexity index is 1490. The van der Waals surface area contributed by atoms with Crippen LogP contribution in [0.2, 0.25) is 0 Å². The van der Waals surface area contributed by atoms with Crippen LogP contribution in [0.1, 0.15) is 50.4 Å². The molecule has 5 rings (SSSR count). The van der Waals surface area contributed by atoms with Gasteiger partial charge in [-0.1, -0.05) is 50.6 Å². The molecule has 0 spiro atoms. The van der Waals surface area contributed by atoms with Gasteiger partial charge in [0.15, 0.2) is 17.6 Å². The van der Waals surface area contributed by atoms with Crippen molar-refractivity contribution in [2.45, 2.75) is 57.1 Å². The number of ether oxygens (including phenoxy) is 3. The number of rotatable bonds is 5. The van der Waals surface area contributed by atoms with Crippen molar-refractivity contribution in [1.82, 2.24) is 5.32 Å². The van der Waals surface area contributed by atoms with Crippen molar-refractivity contribution >= 4 is 21.6 Å². The number of carbonyl (C=O) groups is 1. The van der Waals surface area contributed by atoms with E-state index in [-0.39, 0.29) is 22.9 Å². The molecule has 0 fully saturated rings. The van der Waals surface area contributed by atoms with E-state index in [4.69, 9.17) is 14.2 Å². The molecular weight excluding hydrogens is 516 g/mol. The molecule has 8 nitrogen and oxygen atoms in total. The molecule has 3 aromatic carbocycles. The highest BCUT2D eigenvalue weighted by Gasteiger charge is 2.38. The lowest BCUT2D eigenvalue weighted by Gasteiger charge is -2.36. The van der Waals surface area contributed by atoms with Crippen molar-refractivity contribution in [3.8, 4) is 17.2 Å². The van der Waals surface area contributed by atoms with Crippen molar-refractivity contribution in [1.29, 1.82) is 0 Å². The van der Waals surface area contributed by atoms with E-state index in [1.807, 2.05) is 44.2 Å². The van der Waals surface area contributed by atoms with E-state index >= 15 is 0 Å². The third kappa shape index (κ3) is 5.41. The monoisotopic (exact) mass is 550 g/mol. The molecule has 0 saturated carbocycles. The van der Waals surface area contributed by atoms with E-state index in [2.05, 4.69) is 26.1 Å². The van der Waals surface area contributed by atoms with Crippen LogP contribution in [0.3, 0.4) is 0 Å². The van der Waals surface area contributed by atoms with Crippen LogP contribution in [0, 0.1) is 6.92 Å². The molecular formula is C30H34N2O6S. The van der Waals surface area contributed by atoms with Crippen molar-refractivity contribution in [3.05, 3.63) is 77.4 Å². The molecule has 0 bridgehead atoms. The predicted octanol–water partition coefficient (Wildman–Crippen LogP) is 4.90. The van der Waals surface area contributed by atoms with Crippen molar-refractivity contribution in [2.75, 3.05) is 24.1 Å². The highest BCUT2D eigenvalue weighted by Crippen LogP contribution is 2.40. The number of nitrogens with zero attached hydrogens (tertiary/aromatic N) is 1. The van der Waals surface area contributed by atoms with Crippen LogP contribution >= 0.6 is 0 Å². The number of carbonyl (C=O) groups excluding carboxylic acids is 1. The zero-order valence-corrected chi connectivity index (χ0v) is 23.7. The summed E-state index contributed by atoms with van der Waals surface area (Å²) >= 11 is 0. The second-order valence-corrected chi connectivity index (χ2v) is 12.9. The Balaban J connectivity index is 1.45. The molecule has 2 aliphatic heterocycles. The van der Waals surface area contributed by atoms with E-state index in [0.717, 1.165) is 16.7 Å². The van der Waals surface area contributed by atoms with Gasteiger partial charge in [-0.25, -0.2) is 8.42 Å². The van der Waals surface area contributed by atoms with Crippen LogP contribution in [-0.2, 0) is 20.2 Å². The molecule has 1 N–H and O–H groups in total. The summed E-state index contributed by atoms with van der Waals surface area (Å²) in [5.74, 6) is 1.24. The SMILES string of the molecule is Cc1ccc(S(=O)(=O)N2C[C@@H](C(=O)N[C@H](C)c3ccc4c(c3)OCCO4)Oc3ccc(C(C)(C)C)cc32)cc1. The maximum absolute atomic E-state index is 13.9. The molecule has 9 heteroatoms. The number of sulfonamides is 1. The number of anilines is 1.